The second kappa shape index (κ2) is 10.1. The molecule has 0 aliphatic carbocycles. The van der Waals surface area contributed by atoms with Gasteiger partial charge in [0.15, 0.2) is 0 Å². The number of nitrogens with zero attached hydrogens (tertiary/aromatic N) is 2. The number of halogens is 1. The van der Waals surface area contributed by atoms with Crippen molar-refractivity contribution in [3.05, 3.63) is 68.7 Å². The van der Waals surface area contributed by atoms with Crippen LogP contribution in [0.1, 0.15) is 30.3 Å². The molecule has 0 bridgehead atoms. The molecule has 0 radical (unpaired) electrons. The number of nitrogens with one attached hydrogen (secondary N) is 1. The molecular weight excluding hydrogens is 402 g/mol. The molecule has 0 fully saturated rings. The number of hydrogen-bond acceptors (Lipinski definition) is 5. The van der Waals surface area contributed by atoms with Crippen molar-refractivity contribution in [2.24, 2.45) is 0 Å². The second-order valence-electron chi connectivity index (χ2n) is 7.64. The highest BCUT2D eigenvalue weighted by Crippen LogP contribution is 2.19. The van der Waals surface area contributed by atoms with E-state index in [1.54, 1.807) is 18.2 Å². The molecule has 2 N–H and O–H groups in total. The topological polar surface area (TPSA) is 78.5 Å². The monoisotopic (exact) mass is 429 g/mol. The van der Waals surface area contributed by atoms with Gasteiger partial charge in [0.2, 0.25) is 0 Å². The van der Waals surface area contributed by atoms with E-state index in [-0.39, 0.29) is 12.2 Å². The first kappa shape index (κ1) is 22.3. The van der Waals surface area contributed by atoms with E-state index in [1.807, 2.05) is 32.0 Å². The van der Waals surface area contributed by atoms with Gasteiger partial charge in [0.1, 0.15) is 24.3 Å². The lowest BCUT2D eigenvalue weighted by Crippen LogP contribution is -2.36. The van der Waals surface area contributed by atoms with Crippen LogP contribution in [0.3, 0.4) is 0 Å². The zero-order chi connectivity index (χ0) is 21.7. The van der Waals surface area contributed by atoms with Gasteiger partial charge in [-0.15, -0.1) is 0 Å². The van der Waals surface area contributed by atoms with Crippen LogP contribution < -0.4 is 10.3 Å². The van der Waals surface area contributed by atoms with Crippen LogP contribution in [0, 0.1) is 13.8 Å². The van der Waals surface area contributed by atoms with Crippen molar-refractivity contribution in [2.75, 3.05) is 19.7 Å². The summed E-state index contributed by atoms with van der Waals surface area (Å²) in [5.41, 5.74) is 2.53. The zero-order valence-electron chi connectivity index (χ0n) is 17.6. The number of aromatic nitrogens is 2. The van der Waals surface area contributed by atoms with Gasteiger partial charge in [-0.2, -0.15) is 0 Å². The van der Waals surface area contributed by atoms with E-state index in [9.17, 15) is 9.90 Å². The maximum Gasteiger partial charge on any atom is 0.258 e. The minimum Gasteiger partial charge on any atom is -0.491 e. The molecule has 160 valence electrons. The van der Waals surface area contributed by atoms with Gasteiger partial charge in [0, 0.05) is 11.6 Å². The van der Waals surface area contributed by atoms with Crippen molar-refractivity contribution in [2.45, 2.75) is 39.8 Å². The highest BCUT2D eigenvalue weighted by atomic mass is 35.5. The highest BCUT2D eigenvalue weighted by molar-refractivity contribution is 6.31. The number of benzene rings is 2. The van der Waals surface area contributed by atoms with Crippen LogP contribution >= 0.6 is 11.6 Å². The van der Waals surface area contributed by atoms with Crippen molar-refractivity contribution in [1.29, 1.82) is 0 Å². The third kappa shape index (κ3) is 5.81. The molecule has 1 atom stereocenters. The summed E-state index contributed by atoms with van der Waals surface area (Å²) in [7, 11) is 0. The molecule has 1 aromatic heterocycles. The van der Waals surface area contributed by atoms with E-state index < -0.39 is 6.10 Å². The summed E-state index contributed by atoms with van der Waals surface area (Å²) in [5.74, 6) is 1.33. The van der Waals surface area contributed by atoms with Gasteiger partial charge in [0.25, 0.3) is 5.56 Å². The minimum absolute atomic E-state index is 0.193. The SMILES string of the molecule is CCCN(Cc1nc2cc(Cl)ccc2c(=O)[nH]1)CC(O)COc1cc(C)ccc1C. The van der Waals surface area contributed by atoms with Crippen LogP contribution in [0.25, 0.3) is 10.9 Å². The Morgan fingerprint density at radius 2 is 2.03 bits per heavy atom. The molecule has 7 heteroatoms. The fourth-order valence-corrected chi connectivity index (χ4v) is 3.56. The fraction of sp³-hybridized carbons (Fsp3) is 0.391. The Bertz CT molecular complexity index is 1070. The van der Waals surface area contributed by atoms with Crippen molar-refractivity contribution >= 4 is 22.5 Å². The summed E-state index contributed by atoms with van der Waals surface area (Å²) in [5, 5.41) is 11.6. The second-order valence-corrected chi connectivity index (χ2v) is 8.08. The summed E-state index contributed by atoms with van der Waals surface area (Å²) in [6.45, 7) is 7.86. The number of aryl methyl sites for hydroxylation is 2. The van der Waals surface area contributed by atoms with Crippen LogP contribution in [0.4, 0.5) is 0 Å². The Morgan fingerprint density at radius 3 is 2.80 bits per heavy atom. The van der Waals surface area contributed by atoms with Crippen molar-refractivity contribution in [1.82, 2.24) is 14.9 Å². The molecule has 0 saturated heterocycles. The Labute approximate surface area is 181 Å². The van der Waals surface area contributed by atoms with Gasteiger partial charge in [-0.25, -0.2) is 4.98 Å². The van der Waals surface area contributed by atoms with Crippen LogP contribution in [0.2, 0.25) is 5.02 Å². The van der Waals surface area contributed by atoms with Gasteiger partial charge in [0.05, 0.1) is 17.4 Å². The van der Waals surface area contributed by atoms with Crippen molar-refractivity contribution < 1.29 is 9.84 Å². The number of aromatic amines is 1. The van der Waals surface area contributed by atoms with Crippen LogP contribution in [0.5, 0.6) is 5.75 Å². The number of aliphatic hydroxyl groups is 1. The molecule has 0 aliphatic rings. The van der Waals surface area contributed by atoms with Crippen molar-refractivity contribution in [3.63, 3.8) is 0 Å². The van der Waals surface area contributed by atoms with Crippen LogP contribution in [-0.4, -0.2) is 45.8 Å². The maximum absolute atomic E-state index is 12.4. The van der Waals surface area contributed by atoms with Gasteiger partial charge in [-0.3, -0.25) is 9.69 Å². The molecule has 30 heavy (non-hydrogen) atoms. The van der Waals surface area contributed by atoms with E-state index in [0.29, 0.717) is 34.8 Å². The molecule has 0 saturated carbocycles. The first-order chi connectivity index (χ1) is 14.4. The molecule has 2 aromatic carbocycles. The van der Waals surface area contributed by atoms with E-state index in [1.165, 1.54) is 0 Å². The van der Waals surface area contributed by atoms with Crippen molar-refractivity contribution in [3.8, 4) is 5.75 Å². The number of hydrogen-bond donors (Lipinski definition) is 2. The smallest absolute Gasteiger partial charge is 0.258 e. The van der Waals surface area contributed by atoms with Crippen LogP contribution in [0.15, 0.2) is 41.2 Å². The first-order valence-corrected chi connectivity index (χ1v) is 10.5. The van der Waals surface area contributed by atoms with E-state index >= 15 is 0 Å². The molecular formula is C23H28ClN3O3. The van der Waals surface area contributed by atoms with E-state index in [4.69, 9.17) is 16.3 Å². The lowest BCUT2D eigenvalue weighted by atomic mass is 10.1. The van der Waals surface area contributed by atoms with Gasteiger partial charge >= 0.3 is 0 Å². The van der Waals surface area contributed by atoms with Gasteiger partial charge in [-0.05, 0) is 62.2 Å². The standard InChI is InChI=1S/C23H28ClN3O3/c1-4-9-27(12-18(28)14-30-21-10-15(2)5-6-16(21)3)13-22-25-20-11-17(24)7-8-19(20)23(29)26-22/h5-8,10-11,18,28H,4,9,12-14H2,1-3H3,(H,25,26,29). The molecule has 0 amide bonds. The maximum atomic E-state index is 12.4. The normalized spacial score (nSPS) is 12.5. The first-order valence-electron chi connectivity index (χ1n) is 10.1. The van der Waals surface area contributed by atoms with Crippen LogP contribution in [-0.2, 0) is 6.54 Å². The summed E-state index contributed by atoms with van der Waals surface area (Å²) in [6, 6.07) is 11.1. The molecule has 1 unspecified atom stereocenters. The lowest BCUT2D eigenvalue weighted by molar-refractivity contribution is 0.0645. The predicted molar refractivity (Wildman–Crippen MR) is 120 cm³/mol. The summed E-state index contributed by atoms with van der Waals surface area (Å²) in [4.78, 5) is 21.8. The fourth-order valence-electron chi connectivity index (χ4n) is 3.40. The number of H-pyrrole nitrogens is 1. The van der Waals surface area contributed by atoms with Gasteiger partial charge < -0.3 is 14.8 Å². The Balaban J connectivity index is 1.67. The zero-order valence-corrected chi connectivity index (χ0v) is 18.4. The third-order valence-electron chi connectivity index (χ3n) is 4.87. The predicted octanol–water partition coefficient (Wildman–Crippen LogP) is 3.85. The number of ether oxygens (including phenoxy) is 1. The van der Waals surface area contributed by atoms with E-state index in [0.717, 1.165) is 29.8 Å². The largest absolute Gasteiger partial charge is 0.491 e. The van der Waals surface area contributed by atoms with Gasteiger partial charge in [-0.1, -0.05) is 30.7 Å². The quantitative estimate of drug-likeness (QED) is 0.540. The lowest BCUT2D eigenvalue weighted by Gasteiger charge is -2.24. The van der Waals surface area contributed by atoms with E-state index in [2.05, 4.69) is 21.8 Å². The molecule has 6 nitrogen and oxygen atoms in total. The Morgan fingerprint density at radius 1 is 1.23 bits per heavy atom. The number of rotatable bonds is 9. The molecule has 1 heterocycles. The minimum atomic E-state index is -0.668. The molecule has 3 aromatic rings. The number of fused-ring (bicyclic) bond motifs is 1. The average Bonchev–Trinajstić information content (AvgIpc) is 2.68. The average molecular weight is 430 g/mol. The summed E-state index contributed by atoms with van der Waals surface area (Å²) in [6.07, 6.45) is 0.242. The third-order valence-corrected chi connectivity index (χ3v) is 5.11. The highest BCUT2D eigenvalue weighted by Gasteiger charge is 2.15. The Kier molecular flexibility index (Phi) is 7.48. The summed E-state index contributed by atoms with van der Waals surface area (Å²) < 4.78 is 5.83. The number of aliphatic hydroxyl groups excluding tert-OH is 1. The molecule has 0 spiro atoms. The Hall–Kier alpha value is -2.41. The molecule has 3 rings (SSSR count). The molecule has 0 aliphatic heterocycles. The summed E-state index contributed by atoms with van der Waals surface area (Å²) >= 11 is 6.04.